The van der Waals surface area contributed by atoms with E-state index in [1.807, 2.05) is 6.92 Å². The number of ether oxygens (including phenoxy) is 4. The van der Waals surface area contributed by atoms with Gasteiger partial charge in [-0.05, 0) is 44.4 Å². The molecule has 6 aliphatic rings. The first-order valence-corrected chi connectivity index (χ1v) is 14.6. The van der Waals surface area contributed by atoms with Crippen molar-refractivity contribution in [3.05, 3.63) is 29.8 Å². The molecule has 0 aromatic heterocycles. The van der Waals surface area contributed by atoms with Crippen molar-refractivity contribution in [2.24, 2.45) is 23.2 Å². The number of nitrogen functional groups attached to an aromatic ring is 1. The molecule has 1 aromatic rings. The Labute approximate surface area is 234 Å². The summed E-state index contributed by atoms with van der Waals surface area (Å²) >= 11 is 0. The fraction of sp³-hybridized carbons (Fsp3) is 0.767. The van der Waals surface area contributed by atoms with E-state index in [1.54, 1.807) is 45.6 Å². The van der Waals surface area contributed by atoms with Crippen molar-refractivity contribution in [2.45, 2.75) is 85.8 Å². The summed E-state index contributed by atoms with van der Waals surface area (Å²) in [5.41, 5.74) is -0.285. The predicted molar refractivity (Wildman–Crippen MR) is 143 cm³/mol. The number of benzene rings is 1. The molecular weight excluding hydrogens is 516 g/mol. The van der Waals surface area contributed by atoms with Gasteiger partial charge in [0.1, 0.15) is 22.4 Å². The lowest BCUT2D eigenvalue weighted by atomic mass is 9.43. The first-order chi connectivity index (χ1) is 19.0. The van der Waals surface area contributed by atoms with Crippen molar-refractivity contribution in [2.75, 3.05) is 40.2 Å². The molecule has 7 rings (SSSR count). The quantitative estimate of drug-likeness (QED) is 0.294. The van der Waals surface area contributed by atoms with Crippen LogP contribution in [0.3, 0.4) is 0 Å². The molecule has 7 bridgehead atoms. The van der Waals surface area contributed by atoms with Gasteiger partial charge < -0.3 is 40.0 Å². The van der Waals surface area contributed by atoms with Crippen molar-refractivity contribution in [1.82, 2.24) is 4.90 Å². The first kappa shape index (κ1) is 27.1. The second-order valence-corrected chi connectivity index (χ2v) is 13.2. The summed E-state index contributed by atoms with van der Waals surface area (Å²) in [6, 6.07) is 6.38. The molecule has 1 saturated heterocycles. The molecule has 40 heavy (non-hydrogen) atoms. The molecule has 0 amide bonds. The molecule has 10 heteroatoms. The van der Waals surface area contributed by atoms with E-state index in [9.17, 15) is 20.1 Å². The van der Waals surface area contributed by atoms with Crippen LogP contribution in [0, 0.1) is 23.2 Å². The fourth-order valence-corrected chi connectivity index (χ4v) is 11.3. The van der Waals surface area contributed by atoms with Gasteiger partial charge in [0.15, 0.2) is 0 Å². The molecule has 10 nitrogen and oxygen atoms in total. The Morgan fingerprint density at radius 3 is 2.48 bits per heavy atom. The number of carbonyl (C=O) groups excluding carboxylic acids is 1. The number of likely N-dealkylation sites (tertiary alicyclic amines) is 1. The van der Waals surface area contributed by atoms with Crippen molar-refractivity contribution < 1.29 is 39.1 Å². The highest BCUT2D eigenvalue weighted by molar-refractivity contribution is 5.95. The normalized spacial score (nSPS) is 52.0. The maximum Gasteiger partial charge on any atom is 0.340 e. The van der Waals surface area contributed by atoms with Crippen LogP contribution in [-0.4, -0.2) is 107 Å². The predicted octanol–water partition coefficient (Wildman–Crippen LogP) is 0.960. The number of likely N-dealkylation sites (N-methyl/N-ethyl adjacent to an activating group) is 1. The number of hydrogen-bond acceptors (Lipinski definition) is 10. The summed E-state index contributed by atoms with van der Waals surface area (Å²) < 4.78 is 24.7. The van der Waals surface area contributed by atoms with Crippen molar-refractivity contribution >= 4 is 11.7 Å². The third kappa shape index (κ3) is 2.69. The maximum absolute atomic E-state index is 13.7. The van der Waals surface area contributed by atoms with Crippen LogP contribution in [0.15, 0.2) is 24.3 Å². The number of nitrogens with zero attached hydrogens (tertiary/aromatic N) is 1. The molecule has 12 atom stereocenters. The number of carbonyl (C=O) groups is 1. The minimum Gasteiger partial charge on any atom is -0.454 e. The highest BCUT2D eigenvalue weighted by Crippen LogP contribution is 2.80. The van der Waals surface area contributed by atoms with Crippen LogP contribution in [-0.2, 0) is 18.9 Å². The zero-order chi connectivity index (χ0) is 28.5. The van der Waals surface area contributed by atoms with Gasteiger partial charge in [-0.2, -0.15) is 0 Å². The van der Waals surface area contributed by atoms with E-state index < -0.39 is 51.9 Å². The summed E-state index contributed by atoms with van der Waals surface area (Å²) in [7, 11) is 4.85. The molecule has 1 aliphatic heterocycles. The molecule has 1 aromatic carbocycles. The molecule has 5 saturated carbocycles. The Hall–Kier alpha value is -1.79. The number of aliphatic hydroxyl groups is 3. The Kier molecular flexibility index (Phi) is 5.68. The van der Waals surface area contributed by atoms with E-state index in [0.717, 1.165) is 0 Å². The maximum atomic E-state index is 13.7. The monoisotopic (exact) mass is 558 g/mol. The van der Waals surface area contributed by atoms with E-state index in [1.165, 1.54) is 0 Å². The fourth-order valence-electron chi connectivity index (χ4n) is 11.3. The molecule has 12 unspecified atom stereocenters. The number of fused-ring (bicyclic) bond motifs is 2. The highest BCUT2D eigenvalue weighted by atomic mass is 16.6. The Morgan fingerprint density at radius 1 is 1.07 bits per heavy atom. The van der Waals surface area contributed by atoms with Gasteiger partial charge in [-0.15, -0.1) is 0 Å². The topological polar surface area (TPSA) is 144 Å². The largest absolute Gasteiger partial charge is 0.454 e. The van der Waals surface area contributed by atoms with Gasteiger partial charge in [-0.25, -0.2) is 4.79 Å². The van der Waals surface area contributed by atoms with E-state index in [0.29, 0.717) is 43.6 Å². The van der Waals surface area contributed by atoms with Gasteiger partial charge in [0.05, 0.1) is 29.9 Å². The van der Waals surface area contributed by atoms with Gasteiger partial charge in [0, 0.05) is 63.2 Å². The zero-order valence-corrected chi connectivity index (χ0v) is 23.7. The second kappa shape index (κ2) is 8.40. The van der Waals surface area contributed by atoms with E-state index in [2.05, 4.69) is 4.90 Å². The zero-order valence-electron chi connectivity index (χ0n) is 23.7. The van der Waals surface area contributed by atoms with Gasteiger partial charge >= 0.3 is 5.97 Å². The standard InChI is InChI=1S/C30H42N2O8/c1-5-32-15-26(40-24(33)16-8-6-7-9-18(16)31)11-10-22(38-3)29-20-12-17-19(37-2)13-28(35,30(20,36)23(17)39-4)27(34,25(29)32)14-21(26)29/h6-9,17,19-23,25,34-36H,5,10-15,31H2,1-4H3. The Balaban J connectivity index is 1.45. The van der Waals surface area contributed by atoms with Crippen LogP contribution in [0.2, 0.25) is 0 Å². The molecule has 5 aliphatic carbocycles. The lowest BCUT2D eigenvalue weighted by Gasteiger charge is -2.71. The first-order valence-electron chi connectivity index (χ1n) is 14.6. The van der Waals surface area contributed by atoms with Crippen LogP contribution in [0.5, 0.6) is 0 Å². The number of nitrogens with two attached hydrogens (primary N) is 1. The van der Waals surface area contributed by atoms with Gasteiger partial charge in [0.2, 0.25) is 0 Å². The van der Waals surface area contributed by atoms with Crippen LogP contribution >= 0.6 is 0 Å². The van der Waals surface area contributed by atoms with Gasteiger partial charge in [-0.1, -0.05) is 19.1 Å². The lowest BCUT2D eigenvalue weighted by Crippen LogP contribution is -2.87. The Bertz CT molecular complexity index is 1230. The molecule has 0 radical (unpaired) electrons. The van der Waals surface area contributed by atoms with E-state index >= 15 is 0 Å². The molecule has 1 heterocycles. The van der Waals surface area contributed by atoms with Crippen LogP contribution in [0.1, 0.15) is 49.4 Å². The van der Waals surface area contributed by atoms with E-state index in [4.69, 9.17) is 24.7 Å². The summed E-state index contributed by atoms with van der Waals surface area (Å²) in [6.45, 7) is 3.01. The Morgan fingerprint density at radius 2 is 1.82 bits per heavy atom. The SMILES string of the molecule is CCN1CC2(OC(=O)c3ccccc3N)CCC(OC)C34C2CC(O)(C13)C1(O)CC(OC)C2CC4C1(O)C2OC. The lowest BCUT2D eigenvalue weighted by molar-refractivity contribution is -0.369. The number of para-hydroxylation sites is 1. The summed E-state index contributed by atoms with van der Waals surface area (Å²) in [4.78, 5) is 15.9. The van der Waals surface area contributed by atoms with Crippen LogP contribution in [0.25, 0.3) is 0 Å². The van der Waals surface area contributed by atoms with Crippen molar-refractivity contribution in [3.63, 3.8) is 0 Å². The number of esters is 1. The number of methoxy groups -OCH3 is 3. The molecular formula is C30H42N2O8. The summed E-state index contributed by atoms with van der Waals surface area (Å²) in [5, 5.41) is 38.5. The minimum atomic E-state index is -1.90. The number of piperidine rings is 1. The van der Waals surface area contributed by atoms with Crippen molar-refractivity contribution in [1.29, 1.82) is 0 Å². The third-order valence-electron chi connectivity index (χ3n) is 12.4. The van der Waals surface area contributed by atoms with Crippen LogP contribution < -0.4 is 5.73 Å². The average Bonchev–Trinajstić information content (AvgIpc) is 3.32. The summed E-state index contributed by atoms with van der Waals surface area (Å²) in [5.74, 6) is -1.49. The van der Waals surface area contributed by atoms with Gasteiger partial charge in [0.25, 0.3) is 0 Å². The highest BCUT2D eigenvalue weighted by Gasteiger charge is 2.93. The molecule has 5 N–H and O–H groups in total. The van der Waals surface area contributed by atoms with Gasteiger partial charge in [-0.3, -0.25) is 4.90 Å². The van der Waals surface area contributed by atoms with Crippen molar-refractivity contribution in [3.8, 4) is 0 Å². The second-order valence-electron chi connectivity index (χ2n) is 13.2. The molecule has 1 spiro atoms. The average molecular weight is 559 g/mol. The third-order valence-corrected chi connectivity index (χ3v) is 12.4. The van der Waals surface area contributed by atoms with E-state index in [-0.39, 0.29) is 36.9 Å². The summed E-state index contributed by atoms with van der Waals surface area (Å²) in [6.07, 6.45) is 0.509. The minimum absolute atomic E-state index is 0.0966. The molecule has 6 fully saturated rings. The van der Waals surface area contributed by atoms with Crippen LogP contribution in [0.4, 0.5) is 5.69 Å². The molecule has 220 valence electrons. The smallest absolute Gasteiger partial charge is 0.340 e. The number of hydrogen-bond donors (Lipinski definition) is 4. The number of anilines is 1. The number of rotatable bonds is 6.